The lowest BCUT2D eigenvalue weighted by Crippen LogP contribution is -2.35. The summed E-state index contributed by atoms with van der Waals surface area (Å²) >= 11 is 0. The molecule has 0 heterocycles. The SMILES string of the molecule is CC(=O)OCC1CCC(OC(C)=O)[C@H]1OC(C)=O. The van der Waals surface area contributed by atoms with E-state index in [0.29, 0.717) is 12.8 Å². The predicted octanol–water partition coefficient (Wildman–Crippen LogP) is 0.823. The maximum absolute atomic E-state index is 11.0. The summed E-state index contributed by atoms with van der Waals surface area (Å²) in [6.45, 7) is 4.10. The number of hydrogen-bond acceptors (Lipinski definition) is 6. The first-order valence-electron chi connectivity index (χ1n) is 5.88. The Morgan fingerprint density at radius 3 is 2.06 bits per heavy atom. The van der Waals surface area contributed by atoms with Gasteiger partial charge in [0.1, 0.15) is 12.2 Å². The second-order valence-corrected chi connectivity index (χ2v) is 4.36. The van der Waals surface area contributed by atoms with Crippen molar-refractivity contribution in [1.82, 2.24) is 0 Å². The van der Waals surface area contributed by atoms with Crippen LogP contribution in [0, 0.1) is 5.92 Å². The van der Waals surface area contributed by atoms with Gasteiger partial charge in [0, 0.05) is 26.7 Å². The molecule has 1 fully saturated rings. The number of esters is 3. The average Bonchev–Trinajstić information content (AvgIpc) is 2.57. The van der Waals surface area contributed by atoms with Gasteiger partial charge in [-0.1, -0.05) is 0 Å². The Bertz CT molecular complexity index is 337. The van der Waals surface area contributed by atoms with Crippen LogP contribution in [0.2, 0.25) is 0 Å². The second-order valence-electron chi connectivity index (χ2n) is 4.36. The molecular weight excluding hydrogens is 240 g/mol. The fourth-order valence-corrected chi connectivity index (χ4v) is 2.12. The lowest BCUT2D eigenvalue weighted by Gasteiger charge is -2.23. The Kier molecular flexibility index (Phi) is 5.12. The molecule has 18 heavy (non-hydrogen) atoms. The average molecular weight is 258 g/mol. The van der Waals surface area contributed by atoms with E-state index in [4.69, 9.17) is 14.2 Å². The topological polar surface area (TPSA) is 78.9 Å². The summed E-state index contributed by atoms with van der Waals surface area (Å²) in [6, 6.07) is 0. The van der Waals surface area contributed by atoms with Gasteiger partial charge in [-0.15, -0.1) is 0 Å². The van der Waals surface area contributed by atoms with Crippen molar-refractivity contribution in [2.75, 3.05) is 6.61 Å². The van der Waals surface area contributed by atoms with E-state index in [1.807, 2.05) is 0 Å². The summed E-state index contributed by atoms with van der Waals surface area (Å²) in [4.78, 5) is 32.8. The Morgan fingerprint density at radius 1 is 0.944 bits per heavy atom. The van der Waals surface area contributed by atoms with Gasteiger partial charge in [-0.05, 0) is 12.8 Å². The van der Waals surface area contributed by atoms with Gasteiger partial charge >= 0.3 is 17.9 Å². The van der Waals surface area contributed by atoms with E-state index in [2.05, 4.69) is 0 Å². The molecule has 0 aromatic heterocycles. The van der Waals surface area contributed by atoms with Crippen LogP contribution in [0.5, 0.6) is 0 Å². The van der Waals surface area contributed by atoms with Crippen molar-refractivity contribution < 1.29 is 28.6 Å². The zero-order valence-corrected chi connectivity index (χ0v) is 10.8. The number of rotatable bonds is 4. The first kappa shape index (κ1) is 14.5. The highest BCUT2D eigenvalue weighted by Gasteiger charge is 2.41. The normalized spacial score (nSPS) is 26.5. The van der Waals surface area contributed by atoms with Gasteiger partial charge in [-0.3, -0.25) is 14.4 Å². The van der Waals surface area contributed by atoms with Crippen molar-refractivity contribution >= 4 is 17.9 Å². The highest BCUT2D eigenvalue weighted by molar-refractivity contribution is 5.67. The Hall–Kier alpha value is -1.59. The third kappa shape index (κ3) is 4.35. The minimum atomic E-state index is -0.536. The Balaban J connectivity index is 2.63. The fraction of sp³-hybridized carbons (Fsp3) is 0.750. The van der Waals surface area contributed by atoms with Gasteiger partial charge in [0.15, 0.2) is 0 Å². The van der Waals surface area contributed by atoms with Crippen molar-refractivity contribution in [1.29, 1.82) is 0 Å². The van der Waals surface area contributed by atoms with Crippen LogP contribution in [-0.4, -0.2) is 36.7 Å². The maximum atomic E-state index is 11.0. The van der Waals surface area contributed by atoms with Gasteiger partial charge in [0.25, 0.3) is 0 Å². The number of carbonyl (C=O) groups excluding carboxylic acids is 3. The third-order valence-corrected chi connectivity index (χ3v) is 2.77. The van der Waals surface area contributed by atoms with E-state index in [9.17, 15) is 14.4 Å². The van der Waals surface area contributed by atoms with Crippen LogP contribution in [0.15, 0.2) is 0 Å². The van der Waals surface area contributed by atoms with Crippen molar-refractivity contribution in [2.24, 2.45) is 5.92 Å². The molecular formula is C12H18O6. The molecule has 0 spiro atoms. The summed E-state index contributed by atoms with van der Waals surface area (Å²) in [5, 5.41) is 0. The number of ether oxygens (including phenoxy) is 3. The molecule has 1 aliphatic carbocycles. The minimum absolute atomic E-state index is 0.123. The summed E-state index contributed by atoms with van der Waals surface area (Å²) in [7, 11) is 0. The van der Waals surface area contributed by atoms with Crippen LogP contribution >= 0.6 is 0 Å². The Morgan fingerprint density at radius 2 is 1.56 bits per heavy atom. The third-order valence-electron chi connectivity index (χ3n) is 2.77. The van der Waals surface area contributed by atoms with Crippen LogP contribution < -0.4 is 0 Å². The van der Waals surface area contributed by atoms with Gasteiger partial charge < -0.3 is 14.2 Å². The zero-order chi connectivity index (χ0) is 13.7. The van der Waals surface area contributed by atoms with E-state index in [1.54, 1.807) is 0 Å². The molecule has 1 rings (SSSR count). The molecule has 0 amide bonds. The molecule has 0 saturated heterocycles. The van der Waals surface area contributed by atoms with Crippen molar-refractivity contribution in [3.05, 3.63) is 0 Å². The summed E-state index contributed by atoms with van der Waals surface area (Å²) < 4.78 is 15.2. The van der Waals surface area contributed by atoms with Crippen LogP contribution in [-0.2, 0) is 28.6 Å². The molecule has 6 nitrogen and oxygen atoms in total. The second kappa shape index (κ2) is 6.37. The number of carbonyl (C=O) groups is 3. The molecule has 1 saturated carbocycles. The van der Waals surface area contributed by atoms with E-state index in [0.717, 1.165) is 0 Å². The zero-order valence-electron chi connectivity index (χ0n) is 10.8. The van der Waals surface area contributed by atoms with Gasteiger partial charge in [-0.2, -0.15) is 0 Å². The van der Waals surface area contributed by atoms with Crippen LogP contribution in [0.25, 0.3) is 0 Å². The van der Waals surface area contributed by atoms with E-state index in [1.165, 1.54) is 20.8 Å². The fourth-order valence-electron chi connectivity index (χ4n) is 2.12. The first-order chi connectivity index (χ1) is 8.40. The molecule has 1 aliphatic rings. The molecule has 2 unspecified atom stereocenters. The van der Waals surface area contributed by atoms with Crippen molar-refractivity contribution in [3.8, 4) is 0 Å². The van der Waals surface area contributed by atoms with Gasteiger partial charge in [-0.25, -0.2) is 0 Å². The van der Waals surface area contributed by atoms with Crippen molar-refractivity contribution in [3.63, 3.8) is 0 Å². The lowest BCUT2D eigenvalue weighted by molar-refractivity contribution is -0.167. The Labute approximate surface area is 106 Å². The first-order valence-corrected chi connectivity index (χ1v) is 5.88. The molecule has 0 bridgehead atoms. The molecule has 3 atom stereocenters. The van der Waals surface area contributed by atoms with E-state index < -0.39 is 24.1 Å². The highest BCUT2D eigenvalue weighted by atomic mass is 16.6. The summed E-state index contributed by atoms with van der Waals surface area (Å²) in [6.07, 6.45) is 0.296. The predicted molar refractivity (Wildman–Crippen MR) is 60.5 cm³/mol. The molecule has 0 aromatic carbocycles. The van der Waals surface area contributed by atoms with E-state index in [-0.39, 0.29) is 18.5 Å². The quantitative estimate of drug-likeness (QED) is 0.548. The van der Waals surface area contributed by atoms with Gasteiger partial charge in [0.05, 0.1) is 6.61 Å². The van der Waals surface area contributed by atoms with Crippen LogP contribution in [0.4, 0.5) is 0 Å². The molecule has 0 aliphatic heterocycles. The highest BCUT2D eigenvalue weighted by Crippen LogP contribution is 2.31. The summed E-state index contributed by atoms with van der Waals surface area (Å²) in [5.41, 5.74) is 0. The molecule has 0 N–H and O–H groups in total. The van der Waals surface area contributed by atoms with Crippen LogP contribution in [0.1, 0.15) is 33.6 Å². The number of hydrogen-bond donors (Lipinski definition) is 0. The van der Waals surface area contributed by atoms with Crippen molar-refractivity contribution in [2.45, 2.75) is 45.8 Å². The minimum Gasteiger partial charge on any atom is -0.465 e. The van der Waals surface area contributed by atoms with Gasteiger partial charge in [0.2, 0.25) is 0 Å². The molecule has 6 heteroatoms. The molecule has 102 valence electrons. The lowest BCUT2D eigenvalue weighted by atomic mass is 10.1. The molecule has 0 radical (unpaired) electrons. The largest absolute Gasteiger partial charge is 0.465 e. The smallest absolute Gasteiger partial charge is 0.303 e. The maximum Gasteiger partial charge on any atom is 0.303 e. The monoisotopic (exact) mass is 258 g/mol. The van der Waals surface area contributed by atoms with E-state index >= 15 is 0 Å². The van der Waals surface area contributed by atoms with Crippen LogP contribution in [0.3, 0.4) is 0 Å². The summed E-state index contributed by atoms with van der Waals surface area (Å²) in [5.74, 6) is -1.35. The standard InChI is InChI=1S/C12H18O6/c1-7(13)16-6-10-4-5-11(17-8(2)14)12(10)18-9(3)15/h10-12H,4-6H2,1-3H3/t10?,11?,12-/m0/s1. The molecule has 0 aromatic rings.